The molecule has 4 N–H and O–H groups in total. The Kier molecular flexibility index (Phi) is 6.79. The van der Waals surface area contributed by atoms with Crippen LogP contribution in [-0.4, -0.2) is 59.1 Å². The Morgan fingerprint density at radius 1 is 1.30 bits per heavy atom. The van der Waals surface area contributed by atoms with Crippen LogP contribution in [0.2, 0.25) is 0 Å². The maximum Gasteiger partial charge on any atom is 0.471 e. The van der Waals surface area contributed by atoms with Crippen molar-refractivity contribution >= 4 is 17.8 Å². The van der Waals surface area contributed by atoms with E-state index in [-0.39, 0.29) is 19.4 Å². The second-order valence-electron chi connectivity index (χ2n) is 5.34. The minimum atomic E-state index is -5.11. The highest BCUT2D eigenvalue weighted by Crippen LogP contribution is 2.21. The number of hydrogen-bond donors (Lipinski definition) is 3. The molecule has 1 rings (SSSR count). The van der Waals surface area contributed by atoms with E-state index in [1.165, 1.54) is 0 Å². The van der Waals surface area contributed by atoms with Gasteiger partial charge in [0, 0.05) is 6.54 Å². The number of carbonyl (C=O) groups excluding carboxylic acids is 2. The lowest BCUT2D eigenvalue weighted by molar-refractivity contribution is -0.175. The van der Waals surface area contributed by atoms with Crippen molar-refractivity contribution in [1.29, 1.82) is 0 Å². The number of nitrogens with zero attached hydrogens (tertiary/aromatic N) is 1. The Hall–Kier alpha value is -1.84. The van der Waals surface area contributed by atoms with Gasteiger partial charge in [0.1, 0.15) is 12.1 Å². The number of unbranched alkanes of at least 4 members (excludes halogenated alkanes) is 1. The highest BCUT2D eigenvalue weighted by atomic mass is 19.4. The van der Waals surface area contributed by atoms with Gasteiger partial charge in [-0.15, -0.1) is 0 Å². The van der Waals surface area contributed by atoms with Gasteiger partial charge in [-0.25, -0.2) is 4.79 Å². The zero-order valence-electron chi connectivity index (χ0n) is 12.4. The minimum Gasteiger partial charge on any atom is -0.480 e. The first kappa shape index (κ1) is 19.2. The third-order valence-electron chi connectivity index (χ3n) is 3.63. The molecule has 1 fully saturated rings. The third-order valence-corrected chi connectivity index (χ3v) is 3.63. The zero-order valence-corrected chi connectivity index (χ0v) is 12.4. The highest BCUT2D eigenvalue weighted by molar-refractivity contribution is 5.92. The van der Waals surface area contributed by atoms with Crippen molar-refractivity contribution in [3.8, 4) is 0 Å². The number of nitrogens with two attached hydrogens (primary N) is 1. The van der Waals surface area contributed by atoms with Crippen molar-refractivity contribution in [3.63, 3.8) is 0 Å². The smallest absolute Gasteiger partial charge is 0.471 e. The number of hydrogen-bond acceptors (Lipinski definition) is 4. The van der Waals surface area contributed by atoms with E-state index in [0.717, 1.165) is 4.90 Å². The molecule has 0 aromatic rings. The Labute approximate surface area is 131 Å². The summed E-state index contributed by atoms with van der Waals surface area (Å²) in [5, 5.41) is 10.7. The van der Waals surface area contributed by atoms with Gasteiger partial charge in [0.15, 0.2) is 0 Å². The van der Waals surface area contributed by atoms with E-state index >= 15 is 0 Å². The lowest BCUT2D eigenvalue weighted by Gasteiger charge is -2.27. The number of aliphatic carboxylic acids is 1. The average Bonchev–Trinajstić information content (AvgIpc) is 2.94. The molecule has 0 aromatic carbocycles. The normalized spacial score (nSPS) is 19.5. The van der Waals surface area contributed by atoms with E-state index in [1.54, 1.807) is 5.32 Å². The summed E-state index contributed by atoms with van der Waals surface area (Å²) >= 11 is 0. The first-order valence-corrected chi connectivity index (χ1v) is 7.29. The van der Waals surface area contributed by atoms with Crippen LogP contribution >= 0.6 is 0 Å². The van der Waals surface area contributed by atoms with E-state index in [1.807, 2.05) is 0 Å². The van der Waals surface area contributed by atoms with E-state index in [4.69, 9.17) is 10.8 Å². The standard InChI is InChI=1S/C13H20F3N3O4/c14-13(15,16)12(23)18-8(4-1-2-6-17)10(20)19-7-3-5-9(19)11(21)22/h8-9H,1-7,17H2,(H,18,23)(H,21,22)/t8-,9-/m0/s1. The van der Waals surface area contributed by atoms with Gasteiger partial charge in [-0.1, -0.05) is 0 Å². The fourth-order valence-corrected chi connectivity index (χ4v) is 2.48. The topological polar surface area (TPSA) is 113 Å². The molecule has 7 nitrogen and oxygen atoms in total. The van der Waals surface area contributed by atoms with Crippen LogP contribution in [0.15, 0.2) is 0 Å². The fourth-order valence-electron chi connectivity index (χ4n) is 2.48. The van der Waals surface area contributed by atoms with Gasteiger partial charge in [0.25, 0.3) is 0 Å². The lowest BCUT2D eigenvalue weighted by atomic mass is 10.1. The molecular weight excluding hydrogens is 319 g/mol. The number of nitrogens with one attached hydrogen (secondary N) is 1. The SMILES string of the molecule is NCCCC[C@H](NC(=O)C(F)(F)F)C(=O)N1CCC[C@H]1C(=O)O. The first-order chi connectivity index (χ1) is 10.7. The summed E-state index contributed by atoms with van der Waals surface area (Å²) in [5.74, 6) is -4.22. The van der Waals surface area contributed by atoms with Crippen molar-refractivity contribution in [2.75, 3.05) is 13.1 Å². The number of carboxylic acid groups (broad SMARTS) is 1. The Morgan fingerprint density at radius 2 is 1.96 bits per heavy atom. The second-order valence-corrected chi connectivity index (χ2v) is 5.34. The highest BCUT2D eigenvalue weighted by Gasteiger charge is 2.43. The molecule has 1 aliphatic heterocycles. The summed E-state index contributed by atoms with van der Waals surface area (Å²) in [6.45, 7) is 0.445. The summed E-state index contributed by atoms with van der Waals surface area (Å²) in [5.41, 5.74) is 5.30. The van der Waals surface area contributed by atoms with Gasteiger partial charge in [-0.2, -0.15) is 13.2 Å². The number of carbonyl (C=O) groups is 3. The minimum absolute atomic E-state index is 0.0271. The number of rotatable bonds is 7. The van der Waals surface area contributed by atoms with Crippen LogP contribution in [0.1, 0.15) is 32.1 Å². The second kappa shape index (κ2) is 8.14. The van der Waals surface area contributed by atoms with E-state index in [2.05, 4.69) is 0 Å². The third kappa shape index (κ3) is 5.38. The zero-order chi connectivity index (χ0) is 17.6. The van der Waals surface area contributed by atoms with Crippen LogP contribution in [0.25, 0.3) is 0 Å². The molecule has 0 aromatic heterocycles. The van der Waals surface area contributed by atoms with Crippen molar-refractivity contribution in [2.45, 2.75) is 50.4 Å². The molecule has 2 amide bonds. The first-order valence-electron chi connectivity index (χ1n) is 7.29. The predicted molar refractivity (Wildman–Crippen MR) is 73.3 cm³/mol. The van der Waals surface area contributed by atoms with Gasteiger partial charge >= 0.3 is 18.1 Å². The molecule has 10 heteroatoms. The summed E-state index contributed by atoms with van der Waals surface area (Å²) in [4.78, 5) is 35.6. The summed E-state index contributed by atoms with van der Waals surface area (Å²) < 4.78 is 37.2. The molecule has 0 spiro atoms. The molecule has 2 atom stereocenters. The van der Waals surface area contributed by atoms with Crippen molar-refractivity contribution < 1.29 is 32.7 Å². The van der Waals surface area contributed by atoms with Crippen LogP contribution in [0.3, 0.4) is 0 Å². The van der Waals surface area contributed by atoms with Gasteiger partial charge in [-0.05, 0) is 38.6 Å². The average molecular weight is 339 g/mol. The fraction of sp³-hybridized carbons (Fsp3) is 0.769. The van der Waals surface area contributed by atoms with Crippen molar-refractivity contribution in [2.24, 2.45) is 5.73 Å². The molecule has 1 saturated heterocycles. The molecule has 0 saturated carbocycles. The van der Waals surface area contributed by atoms with Gasteiger partial charge in [0.2, 0.25) is 5.91 Å². The summed E-state index contributed by atoms with van der Waals surface area (Å²) in [6, 6.07) is -2.47. The Bertz CT molecular complexity index is 456. The van der Waals surface area contributed by atoms with Crippen LogP contribution < -0.4 is 11.1 Å². The van der Waals surface area contributed by atoms with Crippen LogP contribution in [0.4, 0.5) is 13.2 Å². The van der Waals surface area contributed by atoms with Crippen LogP contribution in [0.5, 0.6) is 0 Å². The molecule has 0 aliphatic carbocycles. The largest absolute Gasteiger partial charge is 0.480 e. The number of halogens is 3. The molecular formula is C13H20F3N3O4. The summed E-state index contributed by atoms with van der Waals surface area (Å²) in [7, 11) is 0. The maximum atomic E-state index is 12.4. The quantitative estimate of drug-likeness (QED) is 0.575. The maximum absolute atomic E-state index is 12.4. The Morgan fingerprint density at radius 3 is 2.48 bits per heavy atom. The monoisotopic (exact) mass is 339 g/mol. The van der Waals surface area contributed by atoms with Gasteiger partial charge in [0.05, 0.1) is 0 Å². The van der Waals surface area contributed by atoms with E-state index in [0.29, 0.717) is 25.8 Å². The van der Waals surface area contributed by atoms with Gasteiger partial charge in [-0.3, -0.25) is 9.59 Å². The van der Waals surface area contributed by atoms with E-state index in [9.17, 15) is 27.6 Å². The molecule has 132 valence electrons. The molecule has 0 bridgehead atoms. The predicted octanol–water partition coefficient (Wildman–Crippen LogP) is 0.238. The van der Waals surface area contributed by atoms with Crippen LogP contribution in [0, 0.1) is 0 Å². The Balaban J connectivity index is 2.83. The van der Waals surface area contributed by atoms with Crippen molar-refractivity contribution in [3.05, 3.63) is 0 Å². The molecule has 23 heavy (non-hydrogen) atoms. The van der Waals surface area contributed by atoms with E-state index < -0.39 is 36.0 Å². The summed E-state index contributed by atoms with van der Waals surface area (Å²) in [6.07, 6.45) is -3.62. The lowest BCUT2D eigenvalue weighted by Crippen LogP contribution is -2.54. The molecule has 1 aliphatic rings. The number of likely N-dealkylation sites (tertiary alicyclic amines) is 1. The number of carboxylic acids is 1. The number of alkyl halides is 3. The van der Waals surface area contributed by atoms with Crippen LogP contribution in [-0.2, 0) is 14.4 Å². The van der Waals surface area contributed by atoms with Gasteiger partial charge < -0.3 is 21.1 Å². The number of amides is 2. The molecule has 0 radical (unpaired) electrons. The van der Waals surface area contributed by atoms with Crippen molar-refractivity contribution in [1.82, 2.24) is 10.2 Å². The molecule has 1 heterocycles. The molecule has 0 unspecified atom stereocenters.